The molecule has 96 valence electrons. The molecule has 1 aromatic heterocycles. The van der Waals surface area contributed by atoms with E-state index < -0.39 is 0 Å². The van der Waals surface area contributed by atoms with Crippen LogP contribution in [0.3, 0.4) is 0 Å². The number of likely N-dealkylation sites (tertiary alicyclic amines) is 1. The van der Waals surface area contributed by atoms with E-state index >= 15 is 0 Å². The Labute approximate surface area is 104 Å². The molecule has 0 saturated carbocycles. The van der Waals surface area contributed by atoms with Crippen molar-refractivity contribution in [3.63, 3.8) is 0 Å². The maximum absolute atomic E-state index is 5.54. The summed E-state index contributed by atoms with van der Waals surface area (Å²) >= 11 is 0. The monoisotopic (exact) mass is 236 g/mol. The number of imidazole rings is 1. The molecular weight excluding hydrogens is 212 g/mol. The van der Waals surface area contributed by atoms with Crippen molar-refractivity contribution in [1.29, 1.82) is 0 Å². The zero-order chi connectivity index (χ0) is 12.1. The number of aromatic nitrogens is 2. The van der Waals surface area contributed by atoms with Crippen LogP contribution in [0.1, 0.15) is 38.3 Å². The summed E-state index contributed by atoms with van der Waals surface area (Å²) < 4.78 is 2.08. The Kier molecular flexibility index (Phi) is 4.57. The first-order valence-corrected chi connectivity index (χ1v) is 6.74. The molecule has 0 radical (unpaired) electrons. The van der Waals surface area contributed by atoms with Crippen molar-refractivity contribution < 1.29 is 0 Å². The number of hydrogen-bond donors (Lipinski definition) is 1. The molecule has 1 fully saturated rings. The summed E-state index contributed by atoms with van der Waals surface area (Å²) in [7, 11) is 0. The van der Waals surface area contributed by atoms with Crippen LogP contribution in [0.2, 0.25) is 0 Å². The van der Waals surface area contributed by atoms with E-state index in [0.717, 1.165) is 13.1 Å². The lowest BCUT2D eigenvalue weighted by molar-refractivity contribution is 0.202. The fourth-order valence-corrected chi connectivity index (χ4v) is 2.54. The lowest BCUT2D eigenvalue weighted by Crippen LogP contribution is -2.32. The Bertz CT molecular complexity index is 334. The predicted octanol–water partition coefficient (Wildman–Crippen LogP) is 1.61. The van der Waals surface area contributed by atoms with Gasteiger partial charge in [-0.1, -0.05) is 12.8 Å². The molecule has 2 N–H and O–H groups in total. The summed E-state index contributed by atoms with van der Waals surface area (Å²) in [5.41, 5.74) is 6.71. The largest absolute Gasteiger partial charge is 0.336 e. The van der Waals surface area contributed by atoms with Gasteiger partial charge in [-0.2, -0.15) is 0 Å². The van der Waals surface area contributed by atoms with E-state index in [2.05, 4.69) is 27.6 Å². The topological polar surface area (TPSA) is 47.1 Å². The van der Waals surface area contributed by atoms with Gasteiger partial charge in [0.25, 0.3) is 0 Å². The summed E-state index contributed by atoms with van der Waals surface area (Å²) in [6, 6.07) is 0.692. The summed E-state index contributed by atoms with van der Waals surface area (Å²) in [4.78, 5) is 7.02. The minimum atomic E-state index is 0.677. The SMILES string of the molecule is CC1CCCCCN1Cc1cn(CCN)cn1. The Morgan fingerprint density at radius 1 is 1.41 bits per heavy atom. The number of nitrogens with two attached hydrogens (primary N) is 1. The smallest absolute Gasteiger partial charge is 0.0950 e. The summed E-state index contributed by atoms with van der Waals surface area (Å²) in [5, 5.41) is 0. The molecule has 0 aromatic carbocycles. The second kappa shape index (κ2) is 6.17. The highest BCUT2D eigenvalue weighted by Crippen LogP contribution is 2.18. The Hall–Kier alpha value is -0.870. The van der Waals surface area contributed by atoms with Gasteiger partial charge in [0.15, 0.2) is 0 Å². The second-order valence-corrected chi connectivity index (χ2v) is 5.06. The van der Waals surface area contributed by atoms with Crippen LogP contribution in [0, 0.1) is 0 Å². The molecule has 1 atom stereocenters. The Morgan fingerprint density at radius 3 is 3.12 bits per heavy atom. The van der Waals surface area contributed by atoms with Crippen molar-refractivity contribution in [3.05, 3.63) is 18.2 Å². The van der Waals surface area contributed by atoms with Gasteiger partial charge >= 0.3 is 0 Å². The van der Waals surface area contributed by atoms with E-state index in [-0.39, 0.29) is 0 Å². The van der Waals surface area contributed by atoms with Crippen molar-refractivity contribution in [2.75, 3.05) is 13.1 Å². The van der Waals surface area contributed by atoms with E-state index in [0.29, 0.717) is 12.6 Å². The van der Waals surface area contributed by atoms with Crippen molar-refractivity contribution in [1.82, 2.24) is 14.5 Å². The second-order valence-electron chi connectivity index (χ2n) is 5.06. The third-order valence-electron chi connectivity index (χ3n) is 3.63. The lowest BCUT2D eigenvalue weighted by Gasteiger charge is -2.25. The normalized spacial score (nSPS) is 22.6. The Morgan fingerprint density at radius 2 is 2.29 bits per heavy atom. The molecule has 0 amide bonds. The average molecular weight is 236 g/mol. The van der Waals surface area contributed by atoms with E-state index in [4.69, 9.17) is 5.73 Å². The molecule has 1 aromatic rings. The highest BCUT2D eigenvalue weighted by atomic mass is 15.2. The molecule has 1 saturated heterocycles. The fraction of sp³-hybridized carbons (Fsp3) is 0.769. The van der Waals surface area contributed by atoms with Crippen LogP contribution in [0.5, 0.6) is 0 Å². The van der Waals surface area contributed by atoms with Gasteiger partial charge in [-0.15, -0.1) is 0 Å². The molecule has 0 aliphatic carbocycles. The highest BCUT2D eigenvalue weighted by molar-refractivity contribution is 4.97. The molecule has 4 heteroatoms. The van der Waals surface area contributed by atoms with Crippen LogP contribution in [0.4, 0.5) is 0 Å². The standard InChI is InChI=1S/C13H24N4/c1-12-5-3-2-4-7-17(12)10-13-9-16(8-6-14)11-15-13/h9,11-12H,2-8,10,14H2,1H3. The number of rotatable bonds is 4. The van der Waals surface area contributed by atoms with Crippen LogP contribution >= 0.6 is 0 Å². The third-order valence-corrected chi connectivity index (χ3v) is 3.63. The average Bonchev–Trinajstić information content (AvgIpc) is 2.65. The maximum atomic E-state index is 5.54. The van der Waals surface area contributed by atoms with Gasteiger partial charge < -0.3 is 10.3 Å². The summed E-state index contributed by atoms with van der Waals surface area (Å²) in [6.07, 6.45) is 9.42. The molecule has 1 aliphatic rings. The molecule has 0 bridgehead atoms. The minimum absolute atomic E-state index is 0.677. The van der Waals surface area contributed by atoms with E-state index in [1.165, 1.54) is 37.9 Å². The summed E-state index contributed by atoms with van der Waals surface area (Å²) in [6.45, 7) is 6.07. The van der Waals surface area contributed by atoms with Crippen molar-refractivity contribution in [2.45, 2.75) is 51.7 Å². The van der Waals surface area contributed by atoms with Crippen molar-refractivity contribution >= 4 is 0 Å². The van der Waals surface area contributed by atoms with Gasteiger partial charge in [-0.25, -0.2) is 4.98 Å². The van der Waals surface area contributed by atoms with Crippen LogP contribution in [-0.4, -0.2) is 33.6 Å². The van der Waals surface area contributed by atoms with Gasteiger partial charge in [0.1, 0.15) is 0 Å². The molecule has 1 aliphatic heterocycles. The quantitative estimate of drug-likeness (QED) is 0.864. The van der Waals surface area contributed by atoms with Gasteiger partial charge in [-0.3, -0.25) is 4.90 Å². The maximum Gasteiger partial charge on any atom is 0.0950 e. The van der Waals surface area contributed by atoms with Gasteiger partial charge in [0, 0.05) is 31.9 Å². The van der Waals surface area contributed by atoms with Crippen LogP contribution in [0.25, 0.3) is 0 Å². The zero-order valence-electron chi connectivity index (χ0n) is 10.8. The fourth-order valence-electron chi connectivity index (χ4n) is 2.54. The van der Waals surface area contributed by atoms with Crippen molar-refractivity contribution in [3.8, 4) is 0 Å². The molecule has 1 unspecified atom stereocenters. The van der Waals surface area contributed by atoms with E-state index in [1.54, 1.807) is 0 Å². The third kappa shape index (κ3) is 3.54. The summed E-state index contributed by atoms with van der Waals surface area (Å²) in [5.74, 6) is 0. The molecule has 2 rings (SSSR count). The predicted molar refractivity (Wildman–Crippen MR) is 69.6 cm³/mol. The van der Waals surface area contributed by atoms with Gasteiger partial charge in [0.2, 0.25) is 0 Å². The number of nitrogens with zero attached hydrogens (tertiary/aromatic N) is 3. The van der Waals surface area contributed by atoms with E-state index in [1.807, 2.05) is 6.33 Å². The van der Waals surface area contributed by atoms with Crippen LogP contribution < -0.4 is 5.73 Å². The number of hydrogen-bond acceptors (Lipinski definition) is 3. The van der Waals surface area contributed by atoms with Gasteiger partial charge in [-0.05, 0) is 26.3 Å². The molecule has 17 heavy (non-hydrogen) atoms. The lowest BCUT2D eigenvalue weighted by atomic mass is 10.1. The first-order chi connectivity index (χ1) is 8.29. The first kappa shape index (κ1) is 12.6. The molecule has 4 nitrogen and oxygen atoms in total. The van der Waals surface area contributed by atoms with E-state index in [9.17, 15) is 0 Å². The zero-order valence-corrected chi connectivity index (χ0v) is 10.8. The van der Waals surface area contributed by atoms with Crippen LogP contribution in [-0.2, 0) is 13.1 Å². The highest BCUT2D eigenvalue weighted by Gasteiger charge is 2.17. The molecular formula is C13H24N4. The minimum Gasteiger partial charge on any atom is -0.336 e. The first-order valence-electron chi connectivity index (χ1n) is 6.74. The van der Waals surface area contributed by atoms with Crippen LogP contribution in [0.15, 0.2) is 12.5 Å². The van der Waals surface area contributed by atoms with Gasteiger partial charge in [0.05, 0.1) is 12.0 Å². The molecule has 2 heterocycles. The Balaban J connectivity index is 1.93. The van der Waals surface area contributed by atoms with Crippen molar-refractivity contribution in [2.24, 2.45) is 5.73 Å². The molecule has 0 spiro atoms.